The van der Waals surface area contributed by atoms with Crippen LogP contribution in [0.2, 0.25) is 0 Å². The van der Waals surface area contributed by atoms with Crippen molar-refractivity contribution in [2.24, 2.45) is 0 Å². The van der Waals surface area contributed by atoms with Crippen molar-refractivity contribution in [2.75, 3.05) is 0 Å². The molecule has 0 amide bonds. The molecule has 0 aliphatic carbocycles. The lowest BCUT2D eigenvalue weighted by Crippen LogP contribution is -1.89. The van der Waals surface area contributed by atoms with Crippen LogP contribution in [-0.4, -0.2) is 9.97 Å². The van der Waals surface area contributed by atoms with Gasteiger partial charge in [-0.05, 0) is 62.5 Å². The van der Waals surface area contributed by atoms with Gasteiger partial charge in [-0.15, -0.1) is 11.3 Å². The Morgan fingerprint density at radius 1 is 0.438 bits per heavy atom. The summed E-state index contributed by atoms with van der Waals surface area (Å²) in [5.74, 6) is 0. The Kier molecular flexibility index (Phi) is 5.26. The van der Waals surface area contributed by atoms with Crippen molar-refractivity contribution in [3.63, 3.8) is 0 Å². The fourth-order valence-electron chi connectivity index (χ4n) is 7.64. The van der Waals surface area contributed by atoms with E-state index in [1.165, 1.54) is 31.6 Å². The molecule has 3 heterocycles. The highest BCUT2D eigenvalue weighted by atomic mass is 32.1. The summed E-state index contributed by atoms with van der Waals surface area (Å²) < 4.78 is 7.75. The molecular formula is C44H24N2OS. The van der Waals surface area contributed by atoms with E-state index < -0.39 is 0 Å². The summed E-state index contributed by atoms with van der Waals surface area (Å²) in [7, 11) is 0. The van der Waals surface area contributed by atoms with Crippen LogP contribution in [0, 0.1) is 0 Å². The van der Waals surface area contributed by atoms with E-state index in [2.05, 4.69) is 146 Å². The molecule has 0 saturated heterocycles. The number of thiophene rings is 1. The number of benzene rings is 8. The Bertz CT molecular complexity index is 3130. The monoisotopic (exact) mass is 628 g/mol. The van der Waals surface area contributed by atoms with Crippen LogP contribution in [0.5, 0.6) is 0 Å². The van der Waals surface area contributed by atoms with Gasteiger partial charge in [0.05, 0.1) is 11.0 Å². The molecule has 0 aliphatic rings. The minimum atomic E-state index is 0.913. The Morgan fingerprint density at radius 2 is 1.10 bits per heavy atom. The lowest BCUT2D eigenvalue weighted by Gasteiger charge is -2.09. The molecule has 11 aromatic rings. The summed E-state index contributed by atoms with van der Waals surface area (Å²) in [5.41, 5.74) is 9.22. The van der Waals surface area contributed by atoms with E-state index in [1.807, 2.05) is 0 Å². The average Bonchev–Trinajstić information content (AvgIpc) is 3.72. The number of nitrogens with zero attached hydrogens (tertiary/aromatic N) is 2. The molecule has 8 aromatic carbocycles. The minimum absolute atomic E-state index is 0.913. The van der Waals surface area contributed by atoms with Crippen LogP contribution in [0.1, 0.15) is 0 Å². The standard InChI is InChI=1S/C44H24N2OS/c1-2-12-29-25(9-1)19-21-37-39(29)35-18-8-17-30(43(35)47-37)28-11-7-10-26(23-28)27-20-22-38-36(24-27)42-44(48-38)46-41-34-16-6-4-14-32(34)31-13-3-5-15-33(31)40(41)45-42/h1-24H. The number of aromatic nitrogens is 2. The normalized spacial score (nSPS) is 12.2. The third-order valence-corrected chi connectivity index (χ3v) is 10.9. The Balaban J connectivity index is 1.09. The van der Waals surface area contributed by atoms with E-state index in [0.717, 1.165) is 76.3 Å². The summed E-state index contributed by atoms with van der Waals surface area (Å²) in [6.45, 7) is 0. The van der Waals surface area contributed by atoms with E-state index in [4.69, 9.17) is 14.4 Å². The summed E-state index contributed by atoms with van der Waals surface area (Å²) in [4.78, 5) is 11.6. The molecule has 3 aromatic heterocycles. The van der Waals surface area contributed by atoms with Crippen molar-refractivity contribution in [3.8, 4) is 22.3 Å². The van der Waals surface area contributed by atoms with E-state index in [9.17, 15) is 0 Å². The molecule has 3 nitrogen and oxygen atoms in total. The molecular weight excluding hydrogens is 605 g/mol. The van der Waals surface area contributed by atoms with Gasteiger partial charge < -0.3 is 4.42 Å². The molecule has 0 aliphatic heterocycles. The zero-order valence-electron chi connectivity index (χ0n) is 25.6. The smallest absolute Gasteiger partial charge is 0.143 e. The zero-order valence-corrected chi connectivity index (χ0v) is 26.4. The van der Waals surface area contributed by atoms with Crippen LogP contribution in [0.3, 0.4) is 0 Å². The number of hydrogen-bond donors (Lipinski definition) is 0. The first kappa shape index (κ1) is 26.0. The Hall–Kier alpha value is -6.10. The quantitative estimate of drug-likeness (QED) is 0.179. The van der Waals surface area contributed by atoms with Gasteiger partial charge in [0, 0.05) is 37.2 Å². The number of rotatable bonds is 2. The molecule has 0 fully saturated rings. The van der Waals surface area contributed by atoms with Crippen LogP contribution < -0.4 is 0 Å². The van der Waals surface area contributed by atoms with Crippen LogP contribution in [0.4, 0.5) is 0 Å². The highest BCUT2D eigenvalue weighted by Gasteiger charge is 2.17. The third-order valence-electron chi connectivity index (χ3n) is 9.85. The highest BCUT2D eigenvalue weighted by molar-refractivity contribution is 7.25. The minimum Gasteiger partial charge on any atom is -0.455 e. The SMILES string of the molecule is c1cc(-c2ccc3sc4nc5c6ccccc6c6ccccc6c5nc4c3c2)cc(-c2cccc3c2oc2ccc4ccccc4c23)c1. The predicted molar refractivity (Wildman–Crippen MR) is 203 cm³/mol. The number of hydrogen-bond acceptors (Lipinski definition) is 4. The molecule has 0 bridgehead atoms. The maximum atomic E-state index is 6.57. The largest absolute Gasteiger partial charge is 0.455 e. The van der Waals surface area contributed by atoms with Gasteiger partial charge in [-0.1, -0.05) is 121 Å². The van der Waals surface area contributed by atoms with Crippen molar-refractivity contribution in [1.29, 1.82) is 0 Å². The second-order valence-corrected chi connectivity index (χ2v) is 13.5. The van der Waals surface area contributed by atoms with Crippen molar-refractivity contribution in [1.82, 2.24) is 9.97 Å². The maximum absolute atomic E-state index is 6.57. The lowest BCUT2D eigenvalue weighted by molar-refractivity contribution is 0.670. The number of furan rings is 1. The zero-order chi connectivity index (χ0) is 31.3. The van der Waals surface area contributed by atoms with Crippen molar-refractivity contribution in [2.45, 2.75) is 0 Å². The fraction of sp³-hybridized carbons (Fsp3) is 0. The Morgan fingerprint density at radius 3 is 1.94 bits per heavy atom. The molecule has 0 saturated carbocycles. The molecule has 0 radical (unpaired) electrons. The number of para-hydroxylation sites is 1. The maximum Gasteiger partial charge on any atom is 0.143 e. The molecule has 4 heteroatoms. The van der Waals surface area contributed by atoms with Crippen molar-refractivity contribution in [3.05, 3.63) is 146 Å². The second kappa shape index (κ2) is 9.71. The van der Waals surface area contributed by atoms with E-state index in [1.54, 1.807) is 11.3 Å². The van der Waals surface area contributed by atoms with Gasteiger partial charge >= 0.3 is 0 Å². The summed E-state index contributed by atoms with van der Waals surface area (Å²) in [6, 6.07) is 51.8. The number of fused-ring (bicyclic) bond motifs is 14. The van der Waals surface area contributed by atoms with Gasteiger partial charge in [0.15, 0.2) is 0 Å². The molecule has 48 heavy (non-hydrogen) atoms. The Labute approximate surface area is 278 Å². The molecule has 0 unspecified atom stereocenters. The highest BCUT2D eigenvalue weighted by Crippen LogP contribution is 2.42. The second-order valence-electron chi connectivity index (χ2n) is 12.5. The summed E-state index contributed by atoms with van der Waals surface area (Å²) >= 11 is 1.71. The van der Waals surface area contributed by atoms with Crippen LogP contribution >= 0.6 is 11.3 Å². The molecule has 0 atom stereocenters. The van der Waals surface area contributed by atoms with Gasteiger partial charge in [-0.2, -0.15) is 0 Å². The lowest BCUT2D eigenvalue weighted by atomic mass is 9.96. The van der Waals surface area contributed by atoms with Crippen molar-refractivity contribution < 1.29 is 4.42 Å². The van der Waals surface area contributed by atoms with Gasteiger partial charge in [0.25, 0.3) is 0 Å². The van der Waals surface area contributed by atoms with Crippen LogP contribution in [0.15, 0.2) is 150 Å². The van der Waals surface area contributed by atoms with Gasteiger partial charge in [-0.3, -0.25) is 0 Å². The fourth-order valence-corrected chi connectivity index (χ4v) is 8.64. The van der Waals surface area contributed by atoms with E-state index in [-0.39, 0.29) is 0 Å². The van der Waals surface area contributed by atoms with Crippen molar-refractivity contribution >= 4 is 97.1 Å². The third kappa shape index (κ3) is 3.63. The molecule has 0 spiro atoms. The summed E-state index contributed by atoms with van der Waals surface area (Å²) in [5, 5.41) is 10.6. The van der Waals surface area contributed by atoms with Gasteiger partial charge in [-0.25, -0.2) is 9.97 Å². The first-order chi connectivity index (χ1) is 23.8. The first-order valence-corrected chi connectivity index (χ1v) is 17.0. The van der Waals surface area contributed by atoms with Gasteiger partial charge in [0.2, 0.25) is 0 Å². The average molecular weight is 629 g/mol. The topological polar surface area (TPSA) is 38.9 Å². The van der Waals surface area contributed by atoms with Crippen LogP contribution in [-0.2, 0) is 0 Å². The van der Waals surface area contributed by atoms with E-state index in [0.29, 0.717) is 0 Å². The van der Waals surface area contributed by atoms with Crippen LogP contribution in [0.25, 0.3) is 108 Å². The van der Waals surface area contributed by atoms with Gasteiger partial charge in [0.1, 0.15) is 21.5 Å². The predicted octanol–water partition coefficient (Wildman–Crippen LogP) is 12.7. The first-order valence-electron chi connectivity index (χ1n) is 16.2. The molecule has 0 N–H and O–H groups in total. The molecule has 222 valence electrons. The van der Waals surface area contributed by atoms with E-state index >= 15 is 0 Å². The molecule has 11 rings (SSSR count). The summed E-state index contributed by atoms with van der Waals surface area (Å²) in [6.07, 6.45) is 0.